The zero-order valence-electron chi connectivity index (χ0n) is 27.6. The number of carbonyl (C=O) groups is 1. The minimum atomic E-state index is -0.231. The Balaban J connectivity index is 0.874. The Hall–Kier alpha value is -3.40. The van der Waals surface area contributed by atoms with Crippen molar-refractivity contribution in [2.45, 2.75) is 88.4 Å². The van der Waals surface area contributed by atoms with E-state index in [0.717, 1.165) is 108 Å². The van der Waals surface area contributed by atoms with Crippen LogP contribution in [-0.2, 0) is 27.1 Å². The molecule has 9 heteroatoms. The number of nitrogens with zero attached hydrogens (tertiary/aromatic N) is 4. The highest BCUT2D eigenvalue weighted by molar-refractivity contribution is 5.78. The Morgan fingerprint density at radius 2 is 1.89 bits per heavy atom. The van der Waals surface area contributed by atoms with Crippen molar-refractivity contribution in [3.63, 3.8) is 0 Å². The third-order valence-electron chi connectivity index (χ3n) is 11.3. The Labute approximate surface area is 278 Å². The van der Waals surface area contributed by atoms with Crippen molar-refractivity contribution in [1.29, 1.82) is 0 Å². The standard InChI is InChI=1S/C38H48N4O5/c1-27-29(9-12-36(39-27)47-34-10-11-35-38(46-26-45-35)24-30(38)23-34)13-18-40-17-5-8-32(14-19-40)42-33(22-28-6-3-2-4-7-28)25-41(37(42)43)31-15-20-44-21-16-31/h2-4,6-7,9,11-12,23,30-33H,5,8,10,13-22,24-26H2,1H3. The first kappa shape index (κ1) is 30.9. The number of pyridine rings is 1. The molecule has 4 aliphatic heterocycles. The second-order valence-corrected chi connectivity index (χ2v) is 14.2. The summed E-state index contributed by atoms with van der Waals surface area (Å²) in [6.45, 7) is 7.85. The van der Waals surface area contributed by atoms with Gasteiger partial charge in [-0.2, -0.15) is 0 Å². The van der Waals surface area contributed by atoms with Crippen LogP contribution in [0.1, 0.15) is 61.8 Å². The zero-order valence-corrected chi connectivity index (χ0v) is 27.6. The van der Waals surface area contributed by atoms with Crippen LogP contribution < -0.4 is 4.74 Å². The molecule has 1 aromatic heterocycles. The summed E-state index contributed by atoms with van der Waals surface area (Å²) in [6, 6.07) is 15.9. The fourth-order valence-corrected chi connectivity index (χ4v) is 8.54. The molecule has 250 valence electrons. The third kappa shape index (κ3) is 6.42. The summed E-state index contributed by atoms with van der Waals surface area (Å²) >= 11 is 0. The van der Waals surface area contributed by atoms with Gasteiger partial charge in [0.15, 0.2) is 6.79 Å². The van der Waals surface area contributed by atoms with Crippen molar-refractivity contribution in [1.82, 2.24) is 19.7 Å². The summed E-state index contributed by atoms with van der Waals surface area (Å²) in [4.78, 5) is 25.9. The number of rotatable bonds is 9. The van der Waals surface area contributed by atoms with Gasteiger partial charge >= 0.3 is 6.03 Å². The molecule has 1 saturated carbocycles. The third-order valence-corrected chi connectivity index (χ3v) is 11.3. The highest BCUT2D eigenvalue weighted by atomic mass is 16.7. The van der Waals surface area contributed by atoms with Gasteiger partial charge in [0, 0.05) is 69.0 Å². The molecule has 2 aromatic rings. The van der Waals surface area contributed by atoms with E-state index >= 15 is 0 Å². The Morgan fingerprint density at radius 3 is 2.74 bits per heavy atom. The van der Waals surface area contributed by atoms with E-state index in [2.05, 4.69) is 70.2 Å². The topological polar surface area (TPSA) is 76.6 Å². The van der Waals surface area contributed by atoms with Crippen molar-refractivity contribution >= 4 is 6.03 Å². The van der Waals surface area contributed by atoms with Crippen LogP contribution in [0.5, 0.6) is 5.88 Å². The number of likely N-dealkylation sites (tertiary alicyclic amines) is 1. The minimum Gasteiger partial charge on any atom is -0.469 e. The molecular weight excluding hydrogens is 592 g/mol. The number of aromatic nitrogens is 1. The maximum absolute atomic E-state index is 14.0. The lowest BCUT2D eigenvalue weighted by Gasteiger charge is -2.33. The normalized spacial score (nSPS) is 29.7. The van der Waals surface area contributed by atoms with Gasteiger partial charge in [-0.15, -0.1) is 0 Å². The molecule has 4 atom stereocenters. The molecule has 5 heterocycles. The molecule has 47 heavy (non-hydrogen) atoms. The second kappa shape index (κ2) is 13.2. The SMILES string of the molecule is Cc1nc(OC2=CC3CC34OCOC4=CC2)ccc1CCN1CCCC(N2C(=O)N(C3CCOCC3)CC2Cc2ccccc2)CC1. The van der Waals surface area contributed by atoms with E-state index < -0.39 is 0 Å². The predicted octanol–water partition coefficient (Wildman–Crippen LogP) is 5.63. The number of allylic oxidation sites excluding steroid dienone is 1. The van der Waals surface area contributed by atoms with Crippen molar-refractivity contribution in [3.05, 3.63) is 83.0 Å². The fraction of sp³-hybridized carbons (Fsp3) is 0.579. The van der Waals surface area contributed by atoms with Gasteiger partial charge < -0.3 is 33.6 Å². The lowest BCUT2D eigenvalue weighted by molar-refractivity contribution is 0.0359. The summed E-state index contributed by atoms with van der Waals surface area (Å²) in [7, 11) is 0. The number of hydrogen-bond donors (Lipinski definition) is 0. The number of carbonyl (C=O) groups excluding carboxylic acids is 1. The molecule has 0 N–H and O–H groups in total. The molecule has 0 radical (unpaired) electrons. The molecule has 4 saturated heterocycles. The number of benzene rings is 1. The van der Waals surface area contributed by atoms with E-state index in [1.165, 1.54) is 11.1 Å². The maximum atomic E-state index is 14.0. The molecule has 8 rings (SSSR count). The van der Waals surface area contributed by atoms with Crippen LogP contribution in [0.3, 0.4) is 0 Å². The molecule has 9 nitrogen and oxygen atoms in total. The minimum absolute atomic E-state index is 0.218. The van der Waals surface area contributed by atoms with Crippen molar-refractivity contribution < 1.29 is 23.7 Å². The monoisotopic (exact) mass is 640 g/mol. The fourth-order valence-electron chi connectivity index (χ4n) is 8.54. The summed E-state index contributed by atoms with van der Waals surface area (Å²) in [5.74, 6) is 2.85. The average Bonchev–Trinajstić information content (AvgIpc) is 3.62. The van der Waals surface area contributed by atoms with Crippen LogP contribution in [-0.4, -0.2) is 95.6 Å². The first-order valence-electron chi connectivity index (χ1n) is 17.8. The number of ether oxygens (including phenoxy) is 4. The number of aryl methyl sites for hydroxylation is 1. The summed E-state index contributed by atoms with van der Waals surface area (Å²) in [5, 5.41) is 0. The van der Waals surface area contributed by atoms with Crippen LogP contribution in [0.15, 0.2) is 66.1 Å². The van der Waals surface area contributed by atoms with Gasteiger partial charge in [-0.3, -0.25) is 0 Å². The van der Waals surface area contributed by atoms with Gasteiger partial charge in [0.25, 0.3) is 0 Å². The first-order chi connectivity index (χ1) is 23.1. The van der Waals surface area contributed by atoms with Gasteiger partial charge in [0.05, 0.1) is 6.04 Å². The molecular formula is C38H48N4O5. The van der Waals surface area contributed by atoms with Gasteiger partial charge in [-0.1, -0.05) is 36.4 Å². The van der Waals surface area contributed by atoms with E-state index in [-0.39, 0.29) is 23.7 Å². The summed E-state index contributed by atoms with van der Waals surface area (Å²) in [5.41, 5.74) is 3.36. The van der Waals surface area contributed by atoms with Crippen LogP contribution in [0.25, 0.3) is 0 Å². The van der Waals surface area contributed by atoms with Crippen LogP contribution in [0, 0.1) is 12.8 Å². The van der Waals surface area contributed by atoms with Crippen molar-refractivity contribution in [2.24, 2.45) is 5.92 Å². The molecule has 1 aromatic carbocycles. The summed E-state index contributed by atoms with van der Waals surface area (Å²) in [6.07, 6.45) is 12.9. The summed E-state index contributed by atoms with van der Waals surface area (Å²) < 4.78 is 23.4. The predicted molar refractivity (Wildman–Crippen MR) is 178 cm³/mol. The molecule has 2 amide bonds. The Morgan fingerprint density at radius 1 is 1.02 bits per heavy atom. The van der Waals surface area contributed by atoms with E-state index in [1.54, 1.807) is 0 Å². The number of amides is 2. The lowest BCUT2D eigenvalue weighted by atomic mass is 10.0. The van der Waals surface area contributed by atoms with Gasteiger partial charge in [0.1, 0.15) is 17.1 Å². The number of urea groups is 1. The second-order valence-electron chi connectivity index (χ2n) is 14.2. The first-order valence-corrected chi connectivity index (χ1v) is 17.8. The lowest BCUT2D eigenvalue weighted by Crippen LogP contribution is -2.46. The maximum Gasteiger partial charge on any atom is 0.320 e. The zero-order chi connectivity index (χ0) is 31.8. The van der Waals surface area contributed by atoms with Crippen LogP contribution in [0.4, 0.5) is 4.79 Å². The largest absolute Gasteiger partial charge is 0.469 e. The van der Waals surface area contributed by atoms with Crippen LogP contribution in [0.2, 0.25) is 0 Å². The Kier molecular flexibility index (Phi) is 8.71. The average molecular weight is 641 g/mol. The number of hydrogen-bond acceptors (Lipinski definition) is 7. The molecule has 5 fully saturated rings. The van der Waals surface area contributed by atoms with Gasteiger partial charge in [-0.05, 0) is 88.1 Å². The van der Waals surface area contributed by atoms with E-state index in [9.17, 15) is 4.79 Å². The van der Waals surface area contributed by atoms with Gasteiger partial charge in [-0.25, -0.2) is 9.78 Å². The van der Waals surface area contributed by atoms with Crippen LogP contribution >= 0.6 is 0 Å². The highest BCUT2D eigenvalue weighted by Gasteiger charge is 2.62. The van der Waals surface area contributed by atoms with E-state index in [1.807, 2.05) is 6.07 Å². The molecule has 1 spiro atoms. The molecule has 4 unspecified atom stereocenters. The highest BCUT2D eigenvalue weighted by Crippen LogP contribution is 2.57. The van der Waals surface area contributed by atoms with E-state index in [4.69, 9.17) is 23.9 Å². The van der Waals surface area contributed by atoms with E-state index in [0.29, 0.717) is 31.1 Å². The smallest absolute Gasteiger partial charge is 0.320 e. The molecule has 2 aliphatic carbocycles. The van der Waals surface area contributed by atoms with Crippen molar-refractivity contribution in [3.8, 4) is 5.88 Å². The van der Waals surface area contributed by atoms with Crippen molar-refractivity contribution in [2.75, 3.05) is 46.2 Å². The molecule has 0 bridgehead atoms. The quantitative estimate of drug-likeness (QED) is 0.352. The van der Waals surface area contributed by atoms with Gasteiger partial charge in [0.2, 0.25) is 5.88 Å². The molecule has 6 aliphatic rings. The Bertz CT molecular complexity index is 1510.